The average molecular weight is 169 g/mol. The normalized spacial score (nSPS) is 13.4. The van der Waals surface area contributed by atoms with E-state index >= 15 is 0 Å². The van der Waals surface area contributed by atoms with E-state index in [-0.39, 0.29) is 0 Å². The number of unbranched alkanes of at least 4 members (excludes halogenated alkanes) is 1. The quantitative estimate of drug-likeness (QED) is 0.447. The Bertz CT molecular complexity index is 49.7. The van der Waals surface area contributed by atoms with Crippen LogP contribution in [0.15, 0.2) is 0 Å². The second kappa shape index (κ2) is 6.24. The summed E-state index contributed by atoms with van der Waals surface area (Å²) >= 11 is 5.33. The van der Waals surface area contributed by atoms with Gasteiger partial charge in [-0.25, -0.2) is 0 Å². The molecule has 8 heavy (non-hydrogen) atoms. The Kier molecular flexibility index (Phi) is 7.10. The van der Waals surface area contributed by atoms with E-state index < -0.39 is 14.3 Å². The van der Waals surface area contributed by atoms with Gasteiger partial charge in [-0.2, -0.15) is 0 Å². The summed E-state index contributed by atoms with van der Waals surface area (Å²) in [5.74, 6) is 0. The highest BCUT2D eigenvalue weighted by molar-refractivity contribution is 6.97. The van der Waals surface area contributed by atoms with Gasteiger partial charge in [0.15, 0.2) is 0 Å². The molecule has 0 amide bonds. The summed E-state index contributed by atoms with van der Waals surface area (Å²) in [5, 5.41) is 0. The summed E-state index contributed by atoms with van der Waals surface area (Å²) < 4.78 is 0.330. The first-order valence-electron chi connectivity index (χ1n) is 3.01. The number of hydrogen-bond acceptors (Lipinski definition) is 0. The van der Waals surface area contributed by atoms with Crippen LogP contribution in [-0.4, -0.2) is 18.5 Å². The predicted octanol–water partition coefficient (Wildman–Crippen LogP) is 2.33. The van der Waals surface area contributed by atoms with Crippen molar-refractivity contribution in [1.29, 1.82) is 0 Å². The Morgan fingerprint density at radius 1 is 1.62 bits per heavy atom. The van der Waals surface area contributed by atoms with E-state index in [2.05, 4.69) is 6.92 Å². The molecule has 0 aromatic carbocycles. The zero-order valence-electron chi connectivity index (χ0n) is 5.16. The smallest absolute Gasteiger partial charge is 0.266 e. The summed E-state index contributed by atoms with van der Waals surface area (Å²) in [4.78, 5) is 0. The Balaban J connectivity index is 2.86. The van der Waals surface area contributed by atoms with Gasteiger partial charge in [0.25, 0.3) is 0 Å². The summed E-state index contributed by atoms with van der Waals surface area (Å²) in [6, 6.07) is 0. The van der Waals surface area contributed by atoms with Gasteiger partial charge in [-0.15, -0.1) is 11.6 Å². The molecule has 1 unspecified atom stereocenters. The molecule has 0 heterocycles. The van der Waals surface area contributed by atoms with Crippen LogP contribution in [0.1, 0.15) is 26.2 Å². The summed E-state index contributed by atoms with van der Waals surface area (Å²) in [5.41, 5.74) is 0. The first-order valence-corrected chi connectivity index (χ1v) is 6.40. The lowest BCUT2D eigenvalue weighted by molar-refractivity contribution is 0.755. The van der Waals surface area contributed by atoms with Gasteiger partial charge >= 0.3 is 14.3 Å². The van der Waals surface area contributed by atoms with Crippen LogP contribution in [0.3, 0.4) is 0 Å². The third-order valence-electron chi connectivity index (χ3n) is 1.04. The topological polar surface area (TPSA) is 0 Å². The van der Waals surface area contributed by atoms with Crippen LogP contribution in [0.5, 0.6) is 0 Å². The lowest BCUT2D eigenvalue weighted by atomic mass is 10.3. The maximum atomic E-state index is 5.77. The SMILES string of the molecule is CCCC[CH](Cl)[AlH][Cl]. The van der Waals surface area contributed by atoms with Crippen LogP contribution in [0, 0.1) is 0 Å². The zero-order chi connectivity index (χ0) is 6.41. The summed E-state index contributed by atoms with van der Waals surface area (Å²) in [7, 11) is 5.59. The summed E-state index contributed by atoms with van der Waals surface area (Å²) in [6.45, 7) is 2.17. The molecule has 0 fully saturated rings. The fourth-order valence-corrected chi connectivity index (χ4v) is 1.56. The molecule has 0 aliphatic heterocycles. The minimum absolute atomic E-state index is 0.330. The number of hydrogen-bond donors (Lipinski definition) is 0. The van der Waals surface area contributed by atoms with Crippen LogP contribution < -0.4 is 0 Å². The molecule has 0 saturated heterocycles. The maximum Gasteiger partial charge on any atom is 0.396 e. The zero-order valence-corrected chi connectivity index (χ0v) is 8.09. The van der Waals surface area contributed by atoms with Gasteiger partial charge in [-0.3, -0.25) is 10.0 Å². The Morgan fingerprint density at radius 3 is 2.62 bits per heavy atom. The van der Waals surface area contributed by atoms with Gasteiger partial charge in [0.05, 0.1) is 0 Å². The Hall–Kier alpha value is 1.11. The molecule has 48 valence electrons. The van der Waals surface area contributed by atoms with Gasteiger partial charge in [-0.1, -0.05) is 19.8 Å². The largest absolute Gasteiger partial charge is 0.396 e. The minimum Gasteiger partial charge on any atom is -0.266 e. The van der Waals surface area contributed by atoms with Crippen LogP contribution in [-0.2, 0) is 0 Å². The average Bonchev–Trinajstić information content (AvgIpc) is 1.83. The van der Waals surface area contributed by atoms with E-state index in [4.69, 9.17) is 21.7 Å². The fraction of sp³-hybridized carbons (Fsp3) is 1.00. The highest BCUT2D eigenvalue weighted by Gasteiger charge is 2.03. The molecule has 0 aliphatic rings. The number of rotatable bonds is 4. The molecular formula is C5H11AlCl2. The molecule has 0 aliphatic carbocycles. The van der Waals surface area contributed by atoms with Crippen molar-refractivity contribution in [3.05, 3.63) is 0 Å². The van der Waals surface area contributed by atoms with Crippen LogP contribution in [0.2, 0.25) is 0 Å². The number of halogens is 2. The molecule has 0 spiro atoms. The monoisotopic (exact) mass is 168 g/mol. The predicted molar refractivity (Wildman–Crippen MR) is 42.2 cm³/mol. The molecule has 0 aromatic rings. The van der Waals surface area contributed by atoms with Gasteiger partial charge in [0.2, 0.25) is 0 Å². The second-order valence-electron chi connectivity index (χ2n) is 1.89. The molecule has 0 radical (unpaired) electrons. The molecule has 0 N–H and O–H groups in total. The Morgan fingerprint density at radius 2 is 2.25 bits per heavy atom. The number of alkyl halides is 1. The van der Waals surface area contributed by atoms with Crippen molar-refractivity contribution in [2.24, 2.45) is 0 Å². The fourth-order valence-electron chi connectivity index (χ4n) is 0.503. The van der Waals surface area contributed by atoms with E-state index in [1.807, 2.05) is 0 Å². The van der Waals surface area contributed by atoms with Crippen molar-refractivity contribution in [2.75, 3.05) is 0 Å². The van der Waals surface area contributed by atoms with Crippen molar-refractivity contribution in [1.82, 2.24) is 0 Å². The lowest BCUT2D eigenvalue weighted by Gasteiger charge is -1.98. The van der Waals surface area contributed by atoms with Crippen molar-refractivity contribution < 1.29 is 0 Å². The second-order valence-corrected chi connectivity index (χ2v) is 5.25. The minimum atomic E-state index is -0.444. The van der Waals surface area contributed by atoms with Crippen molar-refractivity contribution >= 4 is 35.9 Å². The summed E-state index contributed by atoms with van der Waals surface area (Å²) in [6.07, 6.45) is 3.58. The van der Waals surface area contributed by atoms with E-state index in [1.54, 1.807) is 0 Å². The van der Waals surface area contributed by atoms with E-state index in [0.717, 1.165) is 6.42 Å². The van der Waals surface area contributed by atoms with Gasteiger partial charge in [0, 0.05) is 4.24 Å². The van der Waals surface area contributed by atoms with Gasteiger partial charge in [-0.05, 0) is 6.42 Å². The molecule has 3 heteroatoms. The van der Waals surface area contributed by atoms with Crippen molar-refractivity contribution in [2.45, 2.75) is 30.4 Å². The third-order valence-corrected chi connectivity index (χ3v) is 4.05. The molecular weight excluding hydrogens is 158 g/mol. The first-order chi connectivity index (χ1) is 3.81. The van der Waals surface area contributed by atoms with Gasteiger partial charge in [0.1, 0.15) is 0 Å². The molecule has 0 nitrogen and oxygen atoms in total. The van der Waals surface area contributed by atoms with Crippen molar-refractivity contribution in [3.63, 3.8) is 0 Å². The first kappa shape index (κ1) is 9.11. The molecule has 0 rings (SSSR count). The van der Waals surface area contributed by atoms with Gasteiger partial charge < -0.3 is 0 Å². The molecule has 0 bridgehead atoms. The van der Waals surface area contributed by atoms with Crippen LogP contribution in [0.4, 0.5) is 0 Å². The molecule has 0 saturated carbocycles. The maximum absolute atomic E-state index is 5.77. The van der Waals surface area contributed by atoms with Crippen molar-refractivity contribution in [3.8, 4) is 0 Å². The highest BCUT2D eigenvalue weighted by atomic mass is 35.6. The lowest BCUT2D eigenvalue weighted by Crippen LogP contribution is -2.02. The molecule has 1 atom stereocenters. The van der Waals surface area contributed by atoms with Crippen LogP contribution >= 0.6 is 21.7 Å². The third kappa shape index (κ3) is 5.25. The van der Waals surface area contributed by atoms with E-state index in [9.17, 15) is 0 Å². The standard InChI is InChI=1S/C5H10Cl.Al.ClH.H/c1-2-3-4-5-6;;;/h5H,2-4H2,1H3;;1H;/q;+1;;/p-1. The highest BCUT2D eigenvalue weighted by Crippen LogP contribution is 2.06. The van der Waals surface area contributed by atoms with E-state index in [0.29, 0.717) is 4.24 Å². The van der Waals surface area contributed by atoms with Crippen LogP contribution in [0.25, 0.3) is 0 Å². The van der Waals surface area contributed by atoms with E-state index in [1.165, 1.54) is 12.8 Å². The Labute approximate surface area is 66.5 Å². The molecule has 0 aromatic heterocycles.